The molecule has 0 saturated carbocycles. The van der Waals surface area contributed by atoms with Gasteiger partial charge in [-0.25, -0.2) is 0 Å². The maximum absolute atomic E-state index is 13.4. The van der Waals surface area contributed by atoms with Crippen molar-refractivity contribution >= 4 is 28.4 Å². The van der Waals surface area contributed by atoms with Gasteiger partial charge in [-0.15, -0.1) is 0 Å². The number of ether oxygens (including phenoxy) is 1. The predicted octanol–water partition coefficient (Wildman–Crippen LogP) is 5.02. The molecule has 6 nitrogen and oxygen atoms in total. The van der Waals surface area contributed by atoms with Crippen LogP contribution in [0.3, 0.4) is 0 Å². The van der Waals surface area contributed by atoms with Crippen LogP contribution in [0.1, 0.15) is 43.9 Å². The van der Waals surface area contributed by atoms with Gasteiger partial charge < -0.3 is 14.6 Å². The lowest BCUT2D eigenvalue weighted by atomic mass is 9.84. The van der Waals surface area contributed by atoms with Crippen LogP contribution < -0.4 is 10.1 Å². The van der Waals surface area contributed by atoms with Gasteiger partial charge in [0.2, 0.25) is 5.91 Å². The molecule has 2 amide bonds. The highest BCUT2D eigenvalue weighted by atomic mass is 19.3. The molecule has 0 aliphatic carbocycles. The molecule has 0 radical (unpaired) electrons. The largest absolute Gasteiger partial charge is 0.435 e. The molecule has 0 bridgehead atoms. The van der Waals surface area contributed by atoms with Gasteiger partial charge in [0, 0.05) is 41.9 Å². The Balaban J connectivity index is 1.78. The number of carbonyl (C=O) groups excluding carboxylic acids is 2. The standard InChI is InChI=1S/C25H23F2N3O3/c1-13(2)29-11-17-21(15-6-4-7-16(10-15)33-25(26)27)23-19(12-30(14(3)31)24(23)32)28-18-8-5-9-20(29)22(17)18/h4-11,13,21,25,28H,12H2,1-3H3. The number of carbonyl (C=O) groups is 2. The van der Waals surface area contributed by atoms with Crippen molar-refractivity contribution in [3.63, 3.8) is 0 Å². The SMILES string of the molecule is CC(=O)N1CC2=C(C1=O)C(c1cccc(OC(F)F)c1)c1cn(C(C)C)c3cccc(c13)N2. The Labute approximate surface area is 189 Å². The maximum atomic E-state index is 13.4. The van der Waals surface area contributed by atoms with Crippen molar-refractivity contribution in [1.82, 2.24) is 9.47 Å². The third kappa shape index (κ3) is 3.37. The van der Waals surface area contributed by atoms with Gasteiger partial charge in [0.05, 0.1) is 17.6 Å². The van der Waals surface area contributed by atoms with E-state index in [1.807, 2.05) is 24.4 Å². The molecule has 33 heavy (non-hydrogen) atoms. The van der Waals surface area contributed by atoms with Crippen LogP contribution in [0.2, 0.25) is 0 Å². The Morgan fingerprint density at radius 2 is 1.94 bits per heavy atom. The monoisotopic (exact) mass is 451 g/mol. The molecule has 1 aromatic heterocycles. The number of anilines is 1. The first-order valence-electron chi connectivity index (χ1n) is 10.8. The van der Waals surface area contributed by atoms with Crippen molar-refractivity contribution in [3.8, 4) is 5.75 Å². The summed E-state index contributed by atoms with van der Waals surface area (Å²) in [4.78, 5) is 26.8. The summed E-state index contributed by atoms with van der Waals surface area (Å²) in [6, 6.07) is 12.5. The summed E-state index contributed by atoms with van der Waals surface area (Å²) in [5, 5.41) is 4.37. The summed E-state index contributed by atoms with van der Waals surface area (Å²) >= 11 is 0. The second-order valence-corrected chi connectivity index (χ2v) is 8.60. The molecule has 0 saturated heterocycles. The Kier molecular flexibility index (Phi) is 4.96. The predicted molar refractivity (Wildman–Crippen MR) is 120 cm³/mol. The number of rotatable bonds is 4. The van der Waals surface area contributed by atoms with Crippen LogP contribution in [-0.4, -0.2) is 34.4 Å². The third-order valence-corrected chi connectivity index (χ3v) is 6.24. The minimum atomic E-state index is -2.96. The highest BCUT2D eigenvalue weighted by Crippen LogP contribution is 2.47. The van der Waals surface area contributed by atoms with Crippen molar-refractivity contribution < 1.29 is 23.1 Å². The van der Waals surface area contributed by atoms with Crippen LogP contribution in [0.4, 0.5) is 14.5 Å². The van der Waals surface area contributed by atoms with Gasteiger partial charge in [-0.05, 0) is 49.2 Å². The summed E-state index contributed by atoms with van der Waals surface area (Å²) in [5.74, 6) is -1.27. The molecule has 5 rings (SSSR count). The lowest BCUT2D eigenvalue weighted by Crippen LogP contribution is -2.33. The molecule has 3 heterocycles. The molecule has 0 fully saturated rings. The molecular weight excluding hydrogens is 428 g/mol. The van der Waals surface area contributed by atoms with Crippen LogP contribution in [0.15, 0.2) is 59.9 Å². The van der Waals surface area contributed by atoms with E-state index in [0.29, 0.717) is 16.8 Å². The van der Waals surface area contributed by atoms with Crippen molar-refractivity contribution in [2.24, 2.45) is 0 Å². The number of hydrogen-bond acceptors (Lipinski definition) is 4. The van der Waals surface area contributed by atoms with E-state index in [1.165, 1.54) is 24.0 Å². The maximum Gasteiger partial charge on any atom is 0.387 e. The van der Waals surface area contributed by atoms with Gasteiger partial charge in [-0.1, -0.05) is 18.2 Å². The quantitative estimate of drug-likeness (QED) is 0.605. The van der Waals surface area contributed by atoms with Crippen molar-refractivity contribution in [2.45, 2.75) is 39.3 Å². The van der Waals surface area contributed by atoms with Gasteiger partial charge >= 0.3 is 6.61 Å². The van der Waals surface area contributed by atoms with Crippen LogP contribution in [0.25, 0.3) is 10.9 Å². The van der Waals surface area contributed by atoms with Gasteiger partial charge in [-0.2, -0.15) is 8.78 Å². The highest BCUT2D eigenvalue weighted by molar-refractivity contribution is 6.11. The van der Waals surface area contributed by atoms with E-state index < -0.39 is 12.5 Å². The fourth-order valence-electron chi connectivity index (χ4n) is 4.88. The summed E-state index contributed by atoms with van der Waals surface area (Å²) < 4.78 is 32.6. The molecule has 2 aliphatic rings. The summed E-state index contributed by atoms with van der Waals surface area (Å²) in [6.45, 7) is 2.69. The average molecular weight is 451 g/mol. The Bertz CT molecular complexity index is 1330. The van der Waals surface area contributed by atoms with Crippen molar-refractivity contribution in [1.29, 1.82) is 0 Å². The zero-order valence-corrected chi connectivity index (χ0v) is 18.4. The van der Waals surface area contributed by atoms with Gasteiger partial charge in [0.15, 0.2) is 0 Å². The second kappa shape index (κ2) is 7.72. The van der Waals surface area contributed by atoms with Crippen molar-refractivity contribution in [2.75, 3.05) is 11.9 Å². The first-order valence-corrected chi connectivity index (χ1v) is 10.8. The van der Waals surface area contributed by atoms with Gasteiger partial charge in [-0.3, -0.25) is 14.5 Å². The first-order chi connectivity index (χ1) is 15.8. The molecule has 2 aromatic carbocycles. The van der Waals surface area contributed by atoms with Crippen LogP contribution in [-0.2, 0) is 9.59 Å². The summed E-state index contributed by atoms with van der Waals surface area (Å²) in [6.07, 6.45) is 2.02. The number of alkyl halides is 2. The molecule has 3 aromatic rings. The van der Waals surface area contributed by atoms with E-state index in [9.17, 15) is 18.4 Å². The average Bonchev–Trinajstić information content (AvgIpc) is 3.24. The molecule has 0 spiro atoms. The molecule has 170 valence electrons. The smallest absolute Gasteiger partial charge is 0.387 e. The molecule has 8 heteroatoms. The molecule has 1 atom stereocenters. The molecule has 1 N–H and O–H groups in total. The molecular formula is C25H23F2N3O3. The Morgan fingerprint density at radius 3 is 2.64 bits per heavy atom. The van der Waals surface area contributed by atoms with Gasteiger partial charge in [0.1, 0.15) is 5.75 Å². The van der Waals surface area contributed by atoms with E-state index in [4.69, 9.17) is 0 Å². The van der Waals surface area contributed by atoms with Gasteiger partial charge in [0.25, 0.3) is 5.91 Å². The van der Waals surface area contributed by atoms with E-state index in [-0.39, 0.29) is 30.2 Å². The molecule has 2 aliphatic heterocycles. The van der Waals surface area contributed by atoms with Crippen LogP contribution in [0.5, 0.6) is 5.75 Å². The fourth-order valence-corrected chi connectivity index (χ4v) is 4.88. The van der Waals surface area contributed by atoms with E-state index in [1.54, 1.807) is 12.1 Å². The number of amides is 2. The van der Waals surface area contributed by atoms with E-state index >= 15 is 0 Å². The van der Waals surface area contributed by atoms with E-state index in [0.717, 1.165) is 22.2 Å². The fraction of sp³-hybridized carbons (Fsp3) is 0.280. The normalized spacial score (nSPS) is 17.6. The topological polar surface area (TPSA) is 63.6 Å². The lowest BCUT2D eigenvalue weighted by molar-refractivity contribution is -0.139. The third-order valence-electron chi connectivity index (χ3n) is 6.24. The molecule has 1 unspecified atom stereocenters. The number of benzene rings is 2. The number of imide groups is 1. The number of hydrogen-bond donors (Lipinski definition) is 1. The minimum absolute atomic E-state index is 0.0172. The Hall–Kier alpha value is -3.68. The zero-order chi connectivity index (χ0) is 23.4. The minimum Gasteiger partial charge on any atom is -0.435 e. The van der Waals surface area contributed by atoms with Crippen LogP contribution in [0, 0.1) is 0 Å². The van der Waals surface area contributed by atoms with E-state index in [2.05, 4.69) is 28.5 Å². The van der Waals surface area contributed by atoms with Crippen LogP contribution >= 0.6 is 0 Å². The number of aromatic nitrogens is 1. The number of nitrogens with zero attached hydrogens (tertiary/aromatic N) is 2. The Morgan fingerprint density at radius 1 is 1.18 bits per heavy atom. The second-order valence-electron chi connectivity index (χ2n) is 8.60. The lowest BCUT2D eigenvalue weighted by Gasteiger charge is -2.20. The summed E-state index contributed by atoms with van der Waals surface area (Å²) in [7, 11) is 0. The zero-order valence-electron chi connectivity index (χ0n) is 18.4. The number of halogens is 2. The summed E-state index contributed by atoms with van der Waals surface area (Å²) in [5.41, 5.74) is 4.45. The highest BCUT2D eigenvalue weighted by Gasteiger charge is 2.41. The number of nitrogens with one attached hydrogen (secondary N) is 1. The first kappa shape index (κ1) is 21.2. The van der Waals surface area contributed by atoms with Crippen molar-refractivity contribution in [3.05, 3.63) is 71.1 Å².